The SMILES string of the molecule is CN(c1nn(C)cc1Br)S(C)(=O)=O. The van der Waals surface area contributed by atoms with Gasteiger partial charge in [-0.1, -0.05) is 0 Å². The minimum atomic E-state index is -3.24. The highest BCUT2D eigenvalue weighted by molar-refractivity contribution is 9.10. The molecule has 74 valence electrons. The van der Waals surface area contributed by atoms with Crippen molar-refractivity contribution in [1.29, 1.82) is 0 Å². The first-order chi connectivity index (χ1) is 5.82. The van der Waals surface area contributed by atoms with Crippen LogP contribution in [0.5, 0.6) is 0 Å². The predicted octanol–water partition coefficient (Wildman–Crippen LogP) is 0.578. The topological polar surface area (TPSA) is 55.2 Å². The van der Waals surface area contributed by atoms with Crippen LogP contribution in [0.2, 0.25) is 0 Å². The molecule has 1 aromatic heterocycles. The van der Waals surface area contributed by atoms with Crippen LogP contribution in [0.15, 0.2) is 10.7 Å². The molecule has 1 aromatic rings. The van der Waals surface area contributed by atoms with E-state index in [0.717, 1.165) is 10.6 Å². The molecule has 0 unspecified atom stereocenters. The molecule has 0 aliphatic heterocycles. The molecular weight excluding hydrogens is 258 g/mol. The van der Waals surface area contributed by atoms with E-state index in [1.807, 2.05) is 0 Å². The Bertz CT molecular complexity index is 412. The highest BCUT2D eigenvalue weighted by Crippen LogP contribution is 2.24. The Labute approximate surface area is 85.5 Å². The van der Waals surface area contributed by atoms with Crippen LogP contribution < -0.4 is 4.31 Å². The smallest absolute Gasteiger partial charge is 0.233 e. The Morgan fingerprint density at radius 2 is 2.15 bits per heavy atom. The number of anilines is 1. The van der Waals surface area contributed by atoms with Crippen molar-refractivity contribution in [2.75, 3.05) is 17.6 Å². The van der Waals surface area contributed by atoms with E-state index >= 15 is 0 Å². The van der Waals surface area contributed by atoms with Crippen molar-refractivity contribution in [1.82, 2.24) is 9.78 Å². The van der Waals surface area contributed by atoms with Crippen LogP contribution in [-0.4, -0.2) is 31.5 Å². The molecule has 0 aliphatic rings. The molecule has 0 atom stereocenters. The second-order valence-corrected chi connectivity index (χ2v) is 5.57. The summed E-state index contributed by atoms with van der Waals surface area (Å²) in [6.45, 7) is 0. The van der Waals surface area contributed by atoms with Gasteiger partial charge in [-0.3, -0.25) is 8.99 Å². The van der Waals surface area contributed by atoms with Crippen LogP contribution in [0, 0.1) is 0 Å². The fourth-order valence-electron chi connectivity index (χ4n) is 0.818. The van der Waals surface area contributed by atoms with Gasteiger partial charge in [-0.05, 0) is 15.9 Å². The monoisotopic (exact) mass is 267 g/mol. The van der Waals surface area contributed by atoms with Crippen LogP contribution in [0.3, 0.4) is 0 Å². The Balaban J connectivity index is 3.16. The molecule has 0 saturated heterocycles. The average molecular weight is 268 g/mol. The summed E-state index contributed by atoms with van der Waals surface area (Å²) in [6.07, 6.45) is 2.82. The summed E-state index contributed by atoms with van der Waals surface area (Å²) < 4.78 is 25.6. The lowest BCUT2D eigenvalue weighted by atomic mass is 10.6. The zero-order valence-corrected chi connectivity index (χ0v) is 9.92. The van der Waals surface area contributed by atoms with Gasteiger partial charge in [-0.2, -0.15) is 5.10 Å². The standard InChI is InChI=1S/C6H10BrN3O2S/c1-9-4-5(7)6(8-9)10(2)13(3,11)12/h4H,1-3H3. The average Bonchev–Trinajstić information content (AvgIpc) is 2.26. The van der Waals surface area contributed by atoms with E-state index in [2.05, 4.69) is 21.0 Å². The summed E-state index contributed by atoms with van der Waals surface area (Å²) in [6, 6.07) is 0. The maximum absolute atomic E-state index is 11.1. The quantitative estimate of drug-likeness (QED) is 0.788. The summed E-state index contributed by atoms with van der Waals surface area (Å²) in [4.78, 5) is 0. The highest BCUT2D eigenvalue weighted by Gasteiger charge is 2.17. The molecule has 0 bridgehead atoms. The fraction of sp³-hybridized carbons (Fsp3) is 0.500. The van der Waals surface area contributed by atoms with E-state index in [1.54, 1.807) is 17.9 Å². The number of sulfonamides is 1. The third-order valence-corrected chi connectivity index (χ3v) is 3.29. The van der Waals surface area contributed by atoms with Crippen molar-refractivity contribution in [3.05, 3.63) is 10.7 Å². The van der Waals surface area contributed by atoms with E-state index in [0.29, 0.717) is 10.3 Å². The lowest BCUT2D eigenvalue weighted by Crippen LogP contribution is -2.25. The molecule has 0 fully saturated rings. The van der Waals surface area contributed by atoms with Gasteiger partial charge in [0, 0.05) is 20.3 Å². The zero-order chi connectivity index (χ0) is 10.2. The van der Waals surface area contributed by atoms with Crippen LogP contribution in [0.4, 0.5) is 5.82 Å². The second kappa shape index (κ2) is 3.30. The van der Waals surface area contributed by atoms with Gasteiger partial charge >= 0.3 is 0 Å². The van der Waals surface area contributed by atoms with E-state index < -0.39 is 10.0 Å². The molecule has 0 aromatic carbocycles. The van der Waals surface area contributed by atoms with E-state index in [9.17, 15) is 8.42 Å². The van der Waals surface area contributed by atoms with Gasteiger partial charge in [0.1, 0.15) is 0 Å². The summed E-state index contributed by atoms with van der Waals surface area (Å²) in [5.41, 5.74) is 0. The molecule has 0 saturated carbocycles. The number of hydrogen-bond donors (Lipinski definition) is 0. The summed E-state index contributed by atoms with van der Waals surface area (Å²) in [7, 11) is -0.0502. The number of halogens is 1. The first-order valence-electron chi connectivity index (χ1n) is 3.45. The van der Waals surface area contributed by atoms with Crippen molar-refractivity contribution < 1.29 is 8.42 Å². The first kappa shape index (κ1) is 10.5. The maximum Gasteiger partial charge on any atom is 0.233 e. The van der Waals surface area contributed by atoms with Gasteiger partial charge in [0.15, 0.2) is 5.82 Å². The molecule has 0 aliphatic carbocycles. The summed E-state index contributed by atoms with van der Waals surface area (Å²) in [5, 5.41) is 3.99. The third-order valence-electron chi connectivity index (χ3n) is 1.56. The molecule has 1 rings (SSSR count). The Kier molecular flexibility index (Phi) is 2.67. The minimum absolute atomic E-state index is 0.394. The van der Waals surface area contributed by atoms with Crippen LogP contribution in [0.1, 0.15) is 0 Å². The lowest BCUT2D eigenvalue weighted by Gasteiger charge is -2.13. The van der Waals surface area contributed by atoms with Crippen LogP contribution >= 0.6 is 15.9 Å². The molecular formula is C6H10BrN3O2S. The zero-order valence-electron chi connectivity index (χ0n) is 7.52. The Hall–Kier alpha value is -0.560. The predicted molar refractivity (Wildman–Crippen MR) is 54.2 cm³/mol. The molecule has 0 radical (unpaired) electrons. The lowest BCUT2D eigenvalue weighted by molar-refractivity contribution is 0.599. The van der Waals surface area contributed by atoms with Gasteiger partial charge in [0.2, 0.25) is 10.0 Å². The van der Waals surface area contributed by atoms with Crippen molar-refractivity contribution in [3.63, 3.8) is 0 Å². The second-order valence-electron chi connectivity index (χ2n) is 2.70. The van der Waals surface area contributed by atoms with E-state index in [-0.39, 0.29) is 0 Å². The van der Waals surface area contributed by atoms with E-state index in [4.69, 9.17) is 0 Å². The molecule has 0 amide bonds. The maximum atomic E-state index is 11.1. The molecule has 1 heterocycles. The normalized spacial score (nSPS) is 11.7. The van der Waals surface area contributed by atoms with Crippen molar-refractivity contribution in [2.45, 2.75) is 0 Å². The Morgan fingerprint density at radius 3 is 2.46 bits per heavy atom. The number of aryl methyl sites for hydroxylation is 1. The minimum Gasteiger partial charge on any atom is -0.272 e. The fourth-order valence-corrected chi connectivity index (χ4v) is 2.03. The third kappa shape index (κ3) is 2.22. The van der Waals surface area contributed by atoms with Gasteiger partial charge < -0.3 is 0 Å². The van der Waals surface area contributed by atoms with Gasteiger partial charge in [0.25, 0.3) is 0 Å². The van der Waals surface area contributed by atoms with Crippen LogP contribution in [-0.2, 0) is 17.1 Å². The van der Waals surface area contributed by atoms with Crippen molar-refractivity contribution in [3.8, 4) is 0 Å². The number of nitrogens with zero attached hydrogens (tertiary/aromatic N) is 3. The molecule has 0 spiro atoms. The number of aromatic nitrogens is 2. The van der Waals surface area contributed by atoms with Gasteiger partial charge in [-0.15, -0.1) is 0 Å². The molecule has 5 nitrogen and oxygen atoms in total. The largest absolute Gasteiger partial charge is 0.272 e. The summed E-state index contributed by atoms with van der Waals surface area (Å²) in [5.74, 6) is 0.394. The highest BCUT2D eigenvalue weighted by atomic mass is 79.9. The van der Waals surface area contributed by atoms with Crippen molar-refractivity contribution in [2.24, 2.45) is 7.05 Å². The molecule has 0 N–H and O–H groups in total. The van der Waals surface area contributed by atoms with Crippen molar-refractivity contribution >= 4 is 31.8 Å². The van der Waals surface area contributed by atoms with Crippen LogP contribution in [0.25, 0.3) is 0 Å². The van der Waals surface area contributed by atoms with Gasteiger partial charge in [0.05, 0.1) is 10.7 Å². The summed E-state index contributed by atoms with van der Waals surface area (Å²) >= 11 is 3.22. The molecule has 7 heteroatoms. The number of hydrogen-bond acceptors (Lipinski definition) is 3. The first-order valence-corrected chi connectivity index (χ1v) is 6.09. The molecule has 13 heavy (non-hydrogen) atoms. The number of rotatable bonds is 2. The Morgan fingerprint density at radius 1 is 1.62 bits per heavy atom. The van der Waals surface area contributed by atoms with E-state index in [1.165, 1.54) is 7.05 Å². The van der Waals surface area contributed by atoms with Gasteiger partial charge in [-0.25, -0.2) is 8.42 Å².